The molecule has 3 aliphatic carbocycles. The van der Waals surface area contributed by atoms with Crippen molar-refractivity contribution in [3.63, 3.8) is 0 Å². The van der Waals surface area contributed by atoms with E-state index in [4.69, 9.17) is 5.73 Å². The van der Waals surface area contributed by atoms with Crippen LogP contribution < -0.4 is 16.4 Å². The van der Waals surface area contributed by atoms with E-state index in [0.717, 1.165) is 25.7 Å². The molecule has 4 unspecified atom stereocenters. The van der Waals surface area contributed by atoms with E-state index >= 15 is 0 Å². The Morgan fingerprint density at radius 3 is 2.41 bits per heavy atom. The Kier molecular flexibility index (Phi) is 3.22. The van der Waals surface area contributed by atoms with Crippen molar-refractivity contribution in [2.45, 2.75) is 44.3 Å². The van der Waals surface area contributed by atoms with Gasteiger partial charge in [0.05, 0.1) is 17.9 Å². The molecule has 0 radical (unpaired) electrons. The van der Waals surface area contributed by atoms with Gasteiger partial charge in [0.1, 0.15) is 6.17 Å². The Hall–Kier alpha value is -1.17. The first-order chi connectivity index (χ1) is 10.5. The number of alkyl halides is 1. The molecule has 0 aromatic rings. The molecule has 2 bridgehead atoms. The third-order valence-corrected chi connectivity index (χ3v) is 6.71. The van der Waals surface area contributed by atoms with Gasteiger partial charge in [-0.25, -0.2) is 4.39 Å². The molecule has 4 rings (SSSR count). The molecule has 22 heavy (non-hydrogen) atoms. The van der Waals surface area contributed by atoms with Gasteiger partial charge in [-0.15, -0.1) is 0 Å². The molecule has 2 amide bonds. The van der Waals surface area contributed by atoms with Gasteiger partial charge in [-0.2, -0.15) is 0 Å². The maximum absolute atomic E-state index is 13.9. The zero-order chi connectivity index (χ0) is 15.5. The maximum Gasteiger partial charge on any atom is 0.224 e. The highest BCUT2D eigenvalue weighted by molar-refractivity contribution is 5.89. The first-order valence-corrected chi connectivity index (χ1v) is 8.49. The molecule has 122 valence electrons. The molecule has 5 nitrogen and oxygen atoms in total. The summed E-state index contributed by atoms with van der Waals surface area (Å²) in [6.07, 6.45) is 3.81. The molecule has 4 fully saturated rings. The van der Waals surface area contributed by atoms with Crippen molar-refractivity contribution in [3.8, 4) is 0 Å². The van der Waals surface area contributed by atoms with Gasteiger partial charge in [-0.3, -0.25) is 9.59 Å². The minimum atomic E-state index is -1.06. The van der Waals surface area contributed by atoms with Crippen LogP contribution in [0.15, 0.2) is 0 Å². The molecule has 0 aromatic carbocycles. The molecule has 0 aromatic heterocycles. The van der Waals surface area contributed by atoms with E-state index in [1.165, 1.54) is 0 Å². The predicted molar refractivity (Wildman–Crippen MR) is 78.4 cm³/mol. The number of halogens is 1. The average molecular weight is 309 g/mol. The van der Waals surface area contributed by atoms with E-state index in [1.807, 2.05) is 0 Å². The Morgan fingerprint density at radius 2 is 1.82 bits per heavy atom. The van der Waals surface area contributed by atoms with E-state index in [2.05, 4.69) is 10.6 Å². The second-order valence-electron chi connectivity index (χ2n) is 7.60. The zero-order valence-corrected chi connectivity index (χ0v) is 12.7. The number of nitrogens with one attached hydrogen (secondary N) is 2. The number of hydrogen-bond acceptors (Lipinski definition) is 3. The summed E-state index contributed by atoms with van der Waals surface area (Å²) < 4.78 is 13.9. The second kappa shape index (κ2) is 4.91. The van der Waals surface area contributed by atoms with Crippen molar-refractivity contribution in [2.24, 2.45) is 34.8 Å². The topological polar surface area (TPSA) is 84.2 Å². The van der Waals surface area contributed by atoms with Crippen molar-refractivity contribution in [1.82, 2.24) is 10.6 Å². The third-order valence-electron chi connectivity index (χ3n) is 6.71. The average Bonchev–Trinajstić information content (AvgIpc) is 3.15. The van der Waals surface area contributed by atoms with E-state index < -0.39 is 12.2 Å². The van der Waals surface area contributed by atoms with Crippen LogP contribution in [-0.4, -0.2) is 37.1 Å². The van der Waals surface area contributed by atoms with Crippen molar-refractivity contribution in [1.29, 1.82) is 0 Å². The monoisotopic (exact) mass is 309 g/mol. The second-order valence-corrected chi connectivity index (χ2v) is 7.60. The Morgan fingerprint density at radius 1 is 1.14 bits per heavy atom. The number of carbonyl (C=O) groups is 2. The lowest BCUT2D eigenvalue weighted by Crippen LogP contribution is -2.54. The Labute approximate surface area is 129 Å². The molecule has 1 heterocycles. The van der Waals surface area contributed by atoms with Crippen molar-refractivity contribution >= 4 is 11.8 Å². The molecule has 4 N–H and O–H groups in total. The van der Waals surface area contributed by atoms with Crippen molar-refractivity contribution < 1.29 is 14.0 Å². The molecule has 1 aliphatic heterocycles. The van der Waals surface area contributed by atoms with Crippen molar-refractivity contribution in [3.05, 3.63) is 0 Å². The molecular weight excluding hydrogens is 285 g/mol. The van der Waals surface area contributed by atoms with E-state index in [-0.39, 0.29) is 47.4 Å². The molecule has 4 aliphatic rings. The van der Waals surface area contributed by atoms with E-state index in [9.17, 15) is 14.0 Å². The van der Waals surface area contributed by atoms with Crippen LogP contribution in [0.4, 0.5) is 4.39 Å². The van der Waals surface area contributed by atoms with Gasteiger partial charge in [0.25, 0.3) is 0 Å². The fourth-order valence-corrected chi connectivity index (χ4v) is 5.65. The largest absolute Gasteiger partial charge is 0.369 e. The van der Waals surface area contributed by atoms with Crippen LogP contribution in [0.2, 0.25) is 0 Å². The smallest absolute Gasteiger partial charge is 0.224 e. The standard InChI is InChI=1S/C16H24FN3O2/c17-10-7-19-6-3-11(10)20-15(22)13-9-2-1-8(12(13)14(18)21)16(9)4-5-16/h8-13,19H,1-7H2,(H2,18,21)(H,20,22)/t8?,9?,10-,11-,12?,13?/m0/s1. The molecule has 6 atom stereocenters. The van der Waals surface area contributed by atoms with Crippen LogP contribution in [0, 0.1) is 29.1 Å². The third kappa shape index (κ3) is 1.92. The number of primary amides is 1. The van der Waals surface area contributed by atoms with Gasteiger partial charge in [0, 0.05) is 6.54 Å². The first kappa shape index (κ1) is 14.4. The fourth-order valence-electron chi connectivity index (χ4n) is 5.65. The highest BCUT2D eigenvalue weighted by Crippen LogP contribution is 2.74. The fraction of sp³-hybridized carbons (Fsp3) is 0.875. The number of nitrogens with two attached hydrogens (primary N) is 1. The molecule has 1 spiro atoms. The molecule has 3 saturated carbocycles. The van der Waals surface area contributed by atoms with Gasteiger partial charge in [-0.1, -0.05) is 0 Å². The number of hydrogen-bond donors (Lipinski definition) is 3. The Bertz CT molecular complexity index is 508. The summed E-state index contributed by atoms with van der Waals surface area (Å²) in [6.45, 7) is 0.996. The summed E-state index contributed by atoms with van der Waals surface area (Å²) in [4.78, 5) is 24.7. The van der Waals surface area contributed by atoms with Crippen LogP contribution in [0.3, 0.4) is 0 Å². The summed E-state index contributed by atoms with van der Waals surface area (Å²) in [7, 11) is 0. The summed E-state index contributed by atoms with van der Waals surface area (Å²) in [5.41, 5.74) is 5.82. The van der Waals surface area contributed by atoms with Gasteiger partial charge < -0.3 is 16.4 Å². The lowest BCUT2D eigenvalue weighted by molar-refractivity contribution is -0.136. The maximum atomic E-state index is 13.9. The summed E-state index contributed by atoms with van der Waals surface area (Å²) in [5.74, 6) is -0.617. The van der Waals surface area contributed by atoms with E-state index in [0.29, 0.717) is 13.0 Å². The minimum absolute atomic E-state index is 0.142. The highest BCUT2D eigenvalue weighted by Gasteiger charge is 2.71. The van der Waals surface area contributed by atoms with Crippen LogP contribution >= 0.6 is 0 Å². The van der Waals surface area contributed by atoms with E-state index in [1.54, 1.807) is 0 Å². The van der Waals surface area contributed by atoms with Gasteiger partial charge >= 0.3 is 0 Å². The van der Waals surface area contributed by atoms with Crippen LogP contribution in [0.5, 0.6) is 0 Å². The minimum Gasteiger partial charge on any atom is -0.369 e. The van der Waals surface area contributed by atoms with Crippen LogP contribution in [-0.2, 0) is 9.59 Å². The normalized spacial score (nSPS) is 45.0. The molecule has 6 heteroatoms. The quantitative estimate of drug-likeness (QED) is 0.703. The van der Waals surface area contributed by atoms with Gasteiger partial charge in [-0.05, 0) is 55.9 Å². The lowest BCUT2D eigenvalue weighted by atomic mass is 9.78. The number of carbonyl (C=O) groups excluding carboxylic acids is 2. The van der Waals surface area contributed by atoms with Gasteiger partial charge in [0.15, 0.2) is 0 Å². The lowest BCUT2D eigenvalue weighted by Gasteiger charge is -2.32. The molecular formula is C16H24FN3O2. The molecule has 1 saturated heterocycles. The SMILES string of the molecule is NC(=O)C1C(C(=O)N[C@H]2CCNC[C@@H]2F)C2CCC1C21CC1. The summed E-state index contributed by atoms with van der Waals surface area (Å²) >= 11 is 0. The number of rotatable bonds is 3. The number of amides is 2. The first-order valence-electron chi connectivity index (χ1n) is 8.49. The Balaban J connectivity index is 1.53. The van der Waals surface area contributed by atoms with Crippen LogP contribution in [0.1, 0.15) is 32.1 Å². The summed E-state index contributed by atoms with van der Waals surface area (Å²) in [6, 6.07) is -0.434. The predicted octanol–water partition coefficient (Wildman–Crippen LogP) is 0.340. The van der Waals surface area contributed by atoms with Gasteiger partial charge in [0.2, 0.25) is 11.8 Å². The van der Waals surface area contributed by atoms with Crippen molar-refractivity contribution in [2.75, 3.05) is 13.1 Å². The highest BCUT2D eigenvalue weighted by atomic mass is 19.1. The van der Waals surface area contributed by atoms with Crippen LogP contribution in [0.25, 0.3) is 0 Å². The summed E-state index contributed by atoms with van der Waals surface area (Å²) in [5, 5.41) is 5.87. The number of piperidine rings is 1. The zero-order valence-electron chi connectivity index (χ0n) is 12.7.